The second-order valence-corrected chi connectivity index (χ2v) is 9.22. The number of nitrogens with one attached hydrogen (secondary N) is 1. The minimum absolute atomic E-state index is 0.0196. The van der Waals surface area contributed by atoms with Gasteiger partial charge >= 0.3 is 12.1 Å². The van der Waals surface area contributed by atoms with Crippen LogP contribution in [0.4, 0.5) is 19.1 Å². The third-order valence-electron chi connectivity index (χ3n) is 6.97. The molecule has 2 aromatic carbocycles. The Balaban J connectivity index is 1.49. The molecule has 1 atom stereocenters. The van der Waals surface area contributed by atoms with Crippen LogP contribution < -0.4 is 4.74 Å². The summed E-state index contributed by atoms with van der Waals surface area (Å²) >= 11 is 0. The molecule has 4 heterocycles. The first-order valence-corrected chi connectivity index (χ1v) is 12.2. The highest BCUT2D eigenvalue weighted by Crippen LogP contribution is 2.43. The van der Waals surface area contributed by atoms with Crippen molar-refractivity contribution >= 4 is 22.7 Å². The number of nitro groups is 1. The van der Waals surface area contributed by atoms with Crippen molar-refractivity contribution in [3.8, 4) is 17.1 Å². The lowest BCUT2D eigenvalue weighted by atomic mass is 9.95. The van der Waals surface area contributed by atoms with E-state index in [-0.39, 0.29) is 29.4 Å². The molecule has 12 heteroatoms. The van der Waals surface area contributed by atoms with Crippen LogP contribution in [0.3, 0.4) is 0 Å². The topological polar surface area (TPSA) is 115 Å². The second kappa shape index (κ2) is 9.33. The van der Waals surface area contributed by atoms with E-state index in [2.05, 4.69) is 4.98 Å². The molecule has 0 radical (unpaired) electrons. The lowest BCUT2D eigenvalue weighted by molar-refractivity contribution is -0.402. The lowest BCUT2D eigenvalue weighted by Gasteiger charge is -2.34. The molecule has 40 heavy (non-hydrogen) atoms. The van der Waals surface area contributed by atoms with Gasteiger partial charge in [-0.3, -0.25) is 14.9 Å². The number of halogens is 3. The van der Waals surface area contributed by atoms with Crippen LogP contribution in [0.1, 0.15) is 39.2 Å². The van der Waals surface area contributed by atoms with Gasteiger partial charge in [-0.15, -0.1) is 0 Å². The van der Waals surface area contributed by atoms with Gasteiger partial charge in [0.25, 0.3) is 5.91 Å². The molecule has 1 N–H and O–H groups in total. The number of aromatic nitrogens is 1. The molecule has 0 aliphatic carbocycles. The smallest absolute Gasteiger partial charge is 0.433 e. The number of methoxy groups -OCH3 is 1. The molecule has 3 aromatic heterocycles. The highest BCUT2D eigenvalue weighted by atomic mass is 19.4. The van der Waals surface area contributed by atoms with Gasteiger partial charge in [-0.05, 0) is 54.4 Å². The molecular weight excluding hydrogens is 531 g/mol. The Morgan fingerprint density at radius 2 is 1.90 bits per heavy atom. The Morgan fingerprint density at radius 3 is 2.62 bits per heavy atom. The summed E-state index contributed by atoms with van der Waals surface area (Å²) in [6.07, 6.45) is -4.17. The molecule has 1 aliphatic rings. The molecule has 0 spiro atoms. The third kappa shape index (κ3) is 4.17. The molecule has 0 saturated carbocycles. The monoisotopic (exact) mass is 551 g/mol. The summed E-state index contributed by atoms with van der Waals surface area (Å²) in [5.74, 6) is -0.633. The number of carbonyl (C=O) groups is 1. The second-order valence-electron chi connectivity index (χ2n) is 9.22. The number of alkyl halides is 3. The van der Waals surface area contributed by atoms with E-state index in [1.807, 2.05) is 12.1 Å². The number of hydrogen-bond acceptors (Lipinski definition) is 6. The van der Waals surface area contributed by atoms with Gasteiger partial charge < -0.3 is 23.5 Å². The first-order valence-electron chi connectivity index (χ1n) is 12.2. The predicted molar refractivity (Wildman–Crippen MR) is 136 cm³/mol. The van der Waals surface area contributed by atoms with E-state index in [0.29, 0.717) is 17.9 Å². The number of furan rings is 2. The number of carbonyl (C=O) groups excluding carboxylic acids is 1. The molecule has 9 nitrogen and oxygen atoms in total. The number of ether oxygens (including phenoxy) is 1. The summed E-state index contributed by atoms with van der Waals surface area (Å²) < 4.78 is 57.7. The molecular formula is C28H20F3N3O6. The SMILES string of the molecule is COc1ccc2[nH]c3c(c2c1)CCN(C(=O)c1ccc([N+](=O)[O-])o1)C3c1ccc(-c2ccccc2C(F)(F)F)o1. The number of amides is 1. The highest BCUT2D eigenvalue weighted by Gasteiger charge is 2.39. The summed E-state index contributed by atoms with van der Waals surface area (Å²) in [7, 11) is 1.55. The Bertz CT molecular complexity index is 1770. The van der Waals surface area contributed by atoms with Crippen LogP contribution in [0.15, 0.2) is 75.6 Å². The van der Waals surface area contributed by atoms with Crippen molar-refractivity contribution in [3.63, 3.8) is 0 Å². The molecule has 5 aromatic rings. The Labute approximate surface area is 223 Å². The van der Waals surface area contributed by atoms with Crippen LogP contribution in [0, 0.1) is 10.1 Å². The minimum Gasteiger partial charge on any atom is -0.497 e. The zero-order valence-corrected chi connectivity index (χ0v) is 20.8. The van der Waals surface area contributed by atoms with Gasteiger partial charge in [-0.2, -0.15) is 13.2 Å². The van der Waals surface area contributed by atoms with Crippen molar-refractivity contribution in [3.05, 3.63) is 105 Å². The quantitative estimate of drug-likeness (QED) is 0.191. The third-order valence-corrected chi connectivity index (χ3v) is 6.97. The Hall–Kier alpha value is -5.00. The molecule has 0 fully saturated rings. The van der Waals surface area contributed by atoms with Gasteiger partial charge in [0.1, 0.15) is 28.2 Å². The van der Waals surface area contributed by atoms with Gasteiger partial charge in [0.2, 0.25) is 0 Å². The van der Waals surface area contributed by atoms with Crippen LogP contribution in [0.5, 0.6) is 5.75 Å². The summed E-state index contributed by atoms with van der Waals surface area (Å²) in [5, 5.41) is 12.0. The Kier molecular flexibility index (Phi) is 5.90. The van der Waals surface area contributed by atoms with Gasteiger partial charge in [-0.1, -0.05) is 18.2 Å². The normalized spacial score (nSPS) is 15.3. The number of hydrogen-bond donors (Lipinski definition) is 1. The average molecular weight is 551 g/mol. The van der Waals surface area contributed by atoms with E-state index in [0.717, 1.165) is 28.6 Å². The average Bonchev–Trinajstić information content (AvgIpc) is 3.70. The van der Waals surface area contributed by atoms with E-state index in [1.54, 1.807) is 13.2 Å². The van der Waals surface area contributed by atoms with Crippen molar-refractivity contribution in [2.75, 3.05) is 13.7 Å². The summed E-state index contributed by atoms with van der Waals surface area (Å²) in [6, 6.07) is 14.9. The fraction of sp³-hybridized carbons (Fsp3) is 0.179. The largest absolute Gasteiger partial charge is 0.497 e. The van der Waals surface area contributed by atoms with Crippen LogP contribution in [0.2, 0.25) is 0 Å². The van der Waals surface area contributed by atoms with Crippen LogP contribution in [0.25, 0.3) is 22.2 Å². The van der Waals surface area contributed by atoms with E-state index in [9.17, 15) is 28.1 Å². The van der Waals surface area contributed by atoms with Gasteiger partial charge in [0.15, 0.2) is 5.76 Å². The maximum atomic E-state index is 13.7. The first-order chi connectivity index (χ1) is 19.2. The number of H-pyrrole nitrogens is 1. The maximum absolute atomic E-state index is 13.7. The highest BCUT2D eigenvalue weighted by molar-refractivity contribution is 5.93. The van der Waals surface area contributed by atoms with Gasteiger partial charge in [-0.25, -0.2) is 0 Å². The van der Waals surface area contributed by atoms with Crippen molar-refractivity contribution in [2.24, 2.45) is 0 Å². The van der Waals surface area contributed by atoms with Gasteiger partial charge in [0.05, 0.1) is 24.4 Å². The van der Waals surface area contributed by atoms with E-state index >= 15 is 0 Å². The predicted octanol–water partition coefficient (Wildman–Crippen LogP) is 6.74. The first kappa shape index (κ1) is 25.3. The van der Waals surface area contributed by atoms with Crippen molar-refractivity contribution < 1.29 is 36.5 Å². The molecule has 1 unspecified atom stereocenters. The molecule has 1 aliphatic heterocycles. The number of nitrogens with zero attached hydrogens (tertiary/aromatic N) is 2. The molecule has 204 valence electrons. The zero-order chi connectivity index (χ0) is 28.2. The number of benzene rings is 2. The fourth-order valence-corrected chi connectivity index (χ4v) is 5.18. The van der Waals surface area contributed by atoms with E-state index in [4.69, 9.17) is 13.6 Å². The molecule has 0 bridgehead atoms. The number of rotatable bonds is 5. The summed E-state index contributed by atoms with van der Waals surface area (Å²) in [4.78, 5) is 28.7. The molecule has 6 rings (SSSR count). The van der Waals surface area contributed by atoms with Crippen molar-refractivity contribution in [2.45, 2.75) is 18.6 Å². The molecule has 0 saturated heterocycles. The number of aromatic amines is 1. The lowest BCUT2D eigenvalue weighted by Crippen LogP contribution is -2.40. The summed E-state index contributed by atoms with van der Waals surface area (Å²) in [5.41, 5.74) is 1.27. The van der Waals surface area contributed by atoms with E-state index < -0.39 is 34.5 Å². The Morgan fingerprint density at radius 1 is 1.10 bits per heavy atom. The summed E-state index contributed by atoms with van der Waals surface area (Å²) in [6.45, 7) is 0.185. The number of fused-ring (bicyclic) bond motifs is 3. The standard InChI is InChI=1S/C28H20F3N3O6/c1-38-15-6-7-20-18(14-15)16-12-13-33(27(35)23-10-11-24(40-23)34(36)37)26(25(16)32-20)22-9-8-21(39-22)17-4-2-3-5-19(17)28(29,30)31/h2-11,14,26,32H,12-13H2,1H3. The van der Waals surface area contributed by atoms with Crippen LogP contribution >= 0.6 is 0 Å². The molecule has 1 amide bonds. The fourth-order valence-electron chi connectivity index (χ4n) is 5.18. The van der Waals surface area contributed by atoms with Crippen LogP contribution in [-0.2, 0) is 12.6 Å². The van der Waals surface area contributed by atoms with Crippen molar-refractivity contribution in [1.82, 2.24) is 9.88 Å². The van der Waals surface area contributed by atoms with Gasteiger partial charge in [0, 0.05) is 23.0 Å². The maximum Gasteiger partial charge on any atom is 0.433 e. The minimum atomic E-state index is -4.60. The van der Waals surface area contributed by atoms with E-state index in [1.165, 1.54) is 41.3 Å². The van der Waals surface area contributed by atoms with Crippen LogP contribution in [-0.4, -0.2) is 34.4 Å². The van der Waals surface area contributed by atoms with Crippen molar-refractivity contribution in [1.29, 1.82) is 0 Å². The zero-order valence-electron chi connectivity index (χ0n) is 20.8.